The van der Waals surface area contributed by atoms with Crippen LogP contribution in [0.2, 0.25) is 0 Å². The number of nitrogens with zero attached hydrogens (tertiary/aromatic N) is 2. The third-order valence-corrected chi connectivity index (χ3v) is 7.12. The molecule has 4 unspecified atom stereocenters. The van der Waals surface area contributed by atoms with Crippen molar-refractivity contribution >= 4 is 5.91 Å². The Bertz CT molecular complexity index is 448. The first-order chi connectivity index (χ1) is 9.27. The van der Waals surface area contributed by atoms with Crippen LogP contribution in [-0.2, 0) is 4.79 Å². The maximum Gasteiger partial charge on any atom is 0.223 e. The Morgan fingerprint density at radius 2 is 2.00 bits per heavy atom. The monoisotopic (exact) mass is 260 g/mol. The highest BCUT2D eigenvalue weighted by molar-refractivity contribution is 5.79. The SMILES string of the molecule is O=C1CCCC23CC24CCCN2CCCC(CN13)C24. The molecule has 4 aliphatic heterocycles. The molecule has 5 fully saturated rings. The average Bonchev–Trinajstić information content (AvgIpc) is 3.05. The van der Waals surface area contributed by atoms with Crippen LogP contribution < -0.4 is 0 Å². The quantitative estimate of drug-likeness (QED) is 0.665. The largest absolute Gasteiger partial charge is 0.336 e. The van der Waals surface area contributed by atoms with E-state index in [0.29, 0.717) is 16.9 Å². The summed E-state index contributed by atoms with van der Waals surface area (Å²) >= 11 is 0. The maximum absolute atomic E-state index is 12.4. The average molecular weight is 260 g/mol. The van der Waals surface area contributed by atoms with E-state index in [0.717, 1.165) is 31.3 Å². The highest BCUT2D eigenvalue weighted by atomic mass is 16.2. The fraction of sp³-hybridized carbons (Fsp3) is 0.938. The van der Waals surface area contributed by atoms with Crippen molar-refractivity contribution in [1.82, 2.24) is 9.80 Å². The molecule has 0 bridgehead atoms. The summed E-state index contributed by atoms with van der Waals surface area (Å²) in [4.78, 5) is 17.6. The molecule has 3 heteroatoms. The first-order valence-corrected chi connectivity index (χ1v) is 8.31. The predicted molar refractivity (Wildman–Crippen MR) is 72.7 cm³/mol. The molecule has 5 rings (SSSR count). The number of amides is 1. The summed E-state index contributed by atoms with van der Waals surface area (Å²) in [6, 6.07) is 0.831. The second kappa shape index (κ2) is 3.36. The minimum absolute atomic E-state index is 0.319. The fourth-order valence-electron chi connectivity index (χ4n) is 6.57. The van der Waals surface area contributed by atoms with Gasteiger partial charge in [0, 0.05) is 24.4 Å². The molecular weight excluding hydrogens is 236 g/mol. The van der Waals surface area contributed by atoms with E-state index in [9.17, 15) is 4.79 Å². The minimum Gasteiger partial charge on any atom is -0.336 e. The van der Waals surface area contributed by atoms with E-state index >= 15 is 0 Å². The zero-order valence-electron chi connectivity index (χ0n) is 11.7. The van der Waals surface area contributed by atoms with Gasteiger partial charge in [-0.1, -0.05) is 0 Å². The molecule has 19 heavy (non-hydrogen) atoms. The van der Waals surface area contributed by atoms with Crippen LogP contribution in [0.15, 0.2) is 0 Å². The van der Waals surface area contributed by atoms with Crippen LogP contribution in [0.3, 0.4) is 0 Å². The van der Waals surface area contributed by atoms with E-state index < -0.39 is 0 Å². The number of carbonyl (C=O) groups excluding carboxylic acids is 1. The summed E-state index contributed by atoms with van der Waals surface area (Å²) in [6.45, 7) is 3.74. The van der Waals surface area contributed by atoms with Crippen LogP contribution >= 0.6 is 0 Å². The molecule has 0 radical (unpaired) electrons. The lowest BCUT2D eigenvalue weighted by Crippen LogP contribution is -2.66. The second-order valence-corrected chi connectivity index (χ2v) is 7.71. The highest BCUT2D eigenvalue weighted by Crippen LogP contribution is 2.73. The van der Waals surface area contributed by atoms with Crippen molar-refractivity contribution in [3.63, 3.8) is 0 Å². The lowest BCUT2D eigenvalue weighted by atomic mass is 9.67. The van der Waals surface area contributed by atoms with Gasteiger partial charge in [0.15, 0.2) is 0 Å². The molecule has 3 nitrogen and oxygen atoms in total. The van der Waals surface area contributed by atoms with Crippen LogP contribution in [0.4, 0.5) is 0 Å². The third kappa shape index (κ3) is 1.14. The Balaban J connectivity index is 1.60. The van der Waals surface area contributed by atoms with E-state index in [4.69, 9.17) is 0 Å². The Morgan fingerprint density at radius 1 is 1.11 bits per heavy atom. The van der Waals surface area contributed by atoms with Gasteiger partial charge in [0.25, 0.3) is 0 Å². The lowest BCUT2D eigenvalue weighted by Gasteiger charge is -2.58. The molecule has 104 valence electrons. The zero-order chi connectivity index (χ0) is 12.7. The first kappa shape index (κ1) is 11.1. The van der Waals surface area contributed by atoms with Crippen molar-refractivity contribution in [1.29, 1.82) is 0 Å². The van der Waals surface area contributed by atoms with Crippen molar-refractivity contribution in [2.75, 3.05) is 19.6 Å². The van der Waals surface area contributed by atoms with Gasteiger partial charge >= 0.3 is 0 Å². The Morgan fingerprint density at radius 3 is 2.95 bits per heavy atom. The molecule has 0 N–H and O–H groups in total. The zero-order valence-corrected chi connectivity index (χ0v) is 11.7. The predicted octanol–water partition coefficient (Wildman–Crippen LogP) is 2.02. The van der Waals surface area contributed by atoms with Crippen LogP contribution in [0, 0.1) is 11.3 Å². The molecule has 1 saturated carbocycles. The number of piperidine rings is 4. The van der Waals surface area contributed by atoms with Gasteiger partial charge in [0.05, 0.1) is 5.54 Å². The molecule has 1 aliphatic carbocycles. The van der Waals surface area contributed by atoms with Crippen LogP contribution in [0.25, 0.3) is 0 Å². The summed E-state index contributed by atoms with van der Waals surface area (Å²) in [5.41, 5.74) is 0.837. The van der Waals surface area contributed by atoms with Crippen LogP contribution in [0.5, 0.6) is 0 Å². The van der Waals surface area contributed by atoms with Gasteiger partial charge in [0.2, 0.25) is 5.91 Å². The van der Waals surface area contributed by atoms with Gasteiger partial charge in [-0.15, -0.1) is 0 Å². The minimum atomic E-state index is 0.319. The molecular formula is C16H24N2O. The van der Waals surface area contributed by atoms with Crippen molar-refractivity contribution in [3.8, 4) is 0 Å². The van der Waals surface area contributed by atoms with Gasteiger partial charge in [-0.3, -0.25) is 9.69 Å². The molecule has 0 aromatic rings. The molecule has 0 aromatic carbocycles. The van der Waals surface area contributed by atoms with Gasteiger partial charge < -0.3 is 4.90 Å². The van der Waals surface area contributed by atoms with Gasteiger partial charge in [-0.25, -0.2) is 0 Å². The second-order valence-electron chi connectivity index (χ2n) is 7.71. The fourth-order valence-corrected chi connectivity index (χ4v) is 6.57. The summed E-state index contributed by atoms with van der Waals surface area (Å²) in [6.07, 6.45) is 10.1. The van der Waals surface area contributed by atoms with E-state index in [1.165, 1.54) is 51.6 Å². The highest BCUT2D eigenvalue weighted by Gasteiger charge is 2.78. The first-order valence-electron chi connectivity index (χ1n) is 8.31. The smallest absolute Gasteiger partial charge is 0.223 e. The standard InChI is InChI=1S/C16H24N2O/c19-13-5-1-7-16-11-15(16)6-3-9-17-8-2-4-12(14(15)17)10-18(13)16/h12,14H,1-11H2. The van der Waals surface area contributed by atoms with Gasteiger partial charge in [0.1, 0.15) is 0 Å². The molecule has 0 aromatic heterocycles. The van der Waals surface area contributed by atoms with Crippen LogP contribution in [0.1, 0.15) is 51.4 Å². The molecule has 4 heterocycles. The Kier molecular flexibility index (Phi) is 1.97. The lowest BCUT2D eigenvalue weighted by molar-refractivity contribution is -0.150. The van der Waals surface area contributed by atoms with E-state index in [-0.39, 0.29) is 0 Å². The Hall–Kier alpha value is -0.570. The van der Waals surface area contributed by atoms with Crippen LogP contribution in [-0.4, -0.2) is 46.9 Å². The number of carbonyl (C=O) groups is 1. The summed E-state index contributed by atoms with van der Waals surface area (Å²) in [5, 5.41) is 0. The molecule has 5 aliphatic rings. The number of rotatable bonds is 0. The number of hydrogen-bond acceptors (Lipinski definition) is 2. The Labute approximate surface area is 115 Å². The van der Waals surface area contributed by atoms with Gasteiger partial charge in [-0.2, -0.15) is 0 Å². The molecule has 4 saturated heterocycles. The number of hydrogen-bond donors (Lipinski definition) is 0. The van der Waals surface area contributed by atoms with Crippen molar-refractivity contribution in [2.45, 2.75) is 62.9 Å². The van der Waals surface area contributed by atoms with E-state index in [1.807, 2.05) is 0 Å². The maximum atomic E-state index is 12.4. The third-order valence-electron chi connectivity index (χ3n) is 7.12. The van der Waals surface area contributed by atoms with Crippen molar-refractivity contribution in [2.24, 2.45) is 11.3 Å². The summed E-state index contributed by atoms with van der Waals surface area (Å²) in [7, 11) is 0. The van der Waals surface area contributed by atoms with E-state index in [1.54, 1.807) is 0 Å². The normalized spacial score (nSPS) is 52.2. The topological polar surface area (TPSA) is 23.6 Å². The molecule has 1 amide bonds. The van der Waals surface area contributed by atoms with Crippen molar-refractivity contribution < 1.29 is 4.79 Å². The van der Waals surface area contributed by atoms with Crippen molar-refractivity contribution in [3.05, 3.63) is 0 Å². The molecule has 4 atom stereocenters. The summed E-state index contributed by atoms with van der Waals surface area (Å²) in [5.74, 6) is 1.26. The van der Waals surface area contributed by atoms with Gasteiger partial charge in [-0.05, 0) is 64.0 Å². The molecule has 2 spiro atoms. The summed E-state index contributed by atoms with van der Waals surface area (Å²) < 4.78 is 0. The van der Waals surface area contributed by atoms with E-state index in [2.05, 4.69) is 9.80 Å².